The highest BCUT2D eigenvalue weighted by Crippen LogP contribution is 2.39. The molecule has 0 radical (unpaired) electrons. The molecule has 96 valence electrons. The summed E-state index contributed by atoms with van der Waals surface area (Å²) in [4.78, 5) is 0. The van der Waals surface area contributed by atoms with E-state index in [1.807, 2.05) is 32.1 Å². The van der Waals surface area contributed by atoms with E-state index in [1.165, 1.54) is 19.3 Å². The van der Waals surface area contributed by atoms with E-state index in [2.05, 4.69) is 16.5 Å². The lowest BCUT2D eigenvalue weighted by Gasteiger charge is -2.42. The Kier molecular flexibility index (Phi) is 3.84. The molecule has 17 heavy (non-hydrogen) atoms. The maximum absolute atomic E-state index is 5.68. The fourth-order valence-corrected chi connectivity index (χ4v) is 2.61. The topological polar surface area (TPSA) is 39.1 Å². The molecular weight excluding hydrogens is 214 g/mol. The molecule has 1 aliphatic rings. The second-order valence-electron chi connectivity index (χ2n) is 5.12. The highest BCUT2D eigenvalue weighted by atomic mass is 16.5. The van der Waals surface area contributed by atoms with Crippen molar-refractivity contribution in [1.82, 2.24) is 15.1 Å². The third kappa shape index (κ3) is 2.87. The second-order valence-corrected chi connectivity index (χ2v) is 5.12. The Labute approximate surface area is 103 Å². The Balaban J connectivity index is 1.92. The number of hydrogen-bond acceptors (Lipinski definition) is 3. The number of aryl methyl sites for hydroxylation is 1. The number of nitrogens with zero attached hydrogens (tertiary/aromatic N) is 2. The number of rotatable bonds is 6. The van der Waals surface area contributed by atoms with Crippen LogP contribution in [0.4, 0.5) is 0 Å². The molecule has 0 spiro atoms. The van der Waals surface area contributed by atoms with Gasteiger partial charge in [-0.25, -0.2) is 0 Å². The number of ether oxygens (including phenoxy) is 1. The Morgan fingerprint density at radius 3 is 2.76 bits per heavy atom. The normalized spacial score (nSPS) is 19.9. The van der Waals surface area contributed by atoms with Crippen LogP contribution in [0.2, 0.25) is 0 Å². The van der Waals surface area contributed by atoms with Crippen molar-refractivity contribution in [2.75, 3.05) is 14.2 Å². The van der Waals surface area contributed by atoms with E-state index in [9.17, 15) is 0 Å². The van der Waals surface area contributed by atoms with Crippen molar-refractivity contribution in [2.24, 2.45) is 7.05 Å². The van der Waals surface area contributed by atoms with Crippen LogP contribution in [-0.4, -0.2) is 35.6 Å². The standard InChI is InChI=1S/C13H23N3O/c1-14-12(9-11-5-8-16(2)15-11)10-13(17-3)6-4-7-13/h5,8,12,14H,4,6-7,9-10H2,1-3H3. The van der Waals surface area contributed by atoms with Gasteiger partial charge in [0.05, 0.1) is 11.3 Å². The smallest absolute Gasteiger partial charge is 0.0693 e. The first kappa shape index (κ1) is 12.6. The van der Waals surface area contributed by atoms with Crippen LogP contribution >= 0.6 is 0 Å². The first-order chi connectivity index (χ1) is 8.17. The fraction of sp³-hybridized carbons (Fsp3) is 0.769. The molecule has 1 unspecified atom stereocenters. The molecule has 0 saturated heterocycles. The SMILES string of the molecule is CNC(Cc1ccn(C)n1)CC1(OC)CCC1. The summed E-state index contributed by atoms with van der Waals surface area (Å²) >= 11 is 0. The number of hydrogen-bond donors (Lipinski definition) is 1. The van der Waals surface area contributed by atoms with Crippen molar-refractivity contribution in [2.45, 2.75) is 43.7 Å². The molecule has 2 rings (SSSR count). The maximum atomic E-state index is 5.68. The molecule has 1 aromatic heterocycles. The molecule has 0 aliphatic heterocycles. The van der Waals surface area contributed by atoms with Gasteiger partial charge in [-0.1, -0.05) is 0 Å². The number of likely N-dealkylation sites (N-methyl/N-ethyl adjacent to an activating group) is 1. The zero-order chi connectivity index (χ0) is 12.3. The highest BCUT2D eigenvalue weighted by molar-refractivity contribution is 5.03. The largest absolute Gasteiger partial charge is 0.378 e. The van der Waals surface area contributed by atoms with E-state index in [4.69, 9.17) is 4.74 Å². The summed E-state index contributed by atoms with van der Waals surface area (Å²) in [5.74, 6) is 0. The number of aromatic nitrogens is 2. The summed E-state index contributed by atoms with van der Waals surface area (Å²) in [6.07, 6.45) is 7.75. The van der Waals surface area contributed by atoms with Crippen LogP contribution in [0.1, 0.15) is 31.4 Å². The van der Waals surface area contributed by atoms with Gasteiger partial charge >= 0.3 is 0 Å². The lowest BCUT2D eigenvalue weighted by atomic mass is 9.75. The first-order valence-electron chi connectivity index (χ1n) is 6.38. The van der Waals surface area contributed by atoms with Gasteiger partial charge in [-0.15, -0.1) is 0 Å². The van der Waals surface area contributed by atoms with Gasteiger partial charge < -0.3 is 10.1 Å². The average Bonchev–Trinajstić information content (AvgIpc) is 2.67. The van der Waals surface area contributed by atoms with Crippen molar-refractivity contribution >= 4 is 0 Å². The average molecular weight is 237 g/mol. The summed E-state index contributed by atoms with van der Waals surface area (Å²) < 4.78 is 7.54. The molecular formula is C13H23N3O. The molecule has 1 aromatic rings. The second kappa shape index (κ2) is 5.19. The summed E-state index contributed by atoms with van der Waals surface area (Å²) in [5.41, 5.74) is 1.28. The third-order valence-electron chi connectivity index (χ3n) is 3.95. The van der Waals surface area contributed by atoms with Gasteiger partial charge in [0.1, 0.15) is 0 Å². The maximum Gasteiger partial charge on any atom is 0.0693 e. The van der Waals surface area contributed by atoms with Gasteiger partial charge in [0.25, 0.3) is 0 Å². The zero-order valence-electron chi connectivity index (χ0n) is 11.1. The van der Waals surface area contributed by atoms with Gasteiger partial charge in [0.15, 0.2) is 0 Å². The molecule has 1 atom stereocenters. The van der Waals surface area contributed by atoms with E-state index >= 15 is 0 Å². The molecule has 1 saturated carbocycles. The van der Waals surface area contributed by atoms with E-state index in [0.717, 1.165) is 18.5 Å². The lowest BCUT2D eigenvalue weighted by molar-refractivity contribution is -0.0830. The van der Waals surface area contributed by atoms with Crippen LogP contribution in [0.25, 0.3) is 0 Å². The van der Waals surface area contributed by atoms with Crippen LogP contribution in [0, 0.1) is 0 Å². The van der Waals surface area contributed by atoms with E-state index in [0.29, 0.717) is 6.04 Å². The molecule has 4 nitrogen and oxygen atoms in total. The molecule has 1 N–H and O–H groups in total. The van der Waals surface area contributed by atoms with Gasteiger partial charge in [-0.05, 0) is 38.8 Å². The molecule has 1 heterocycles. The van der Waals surface area contributed by atoms with E-state index < -0.39 is 0 Å². The van der Waals surface area contributed by atoms with Gasteiger partial charge in [-0.2, -0.15) is 5.10 Å². The summed E-state index contributed by atoms with van der Waals surface area (Å²) in [6, 6.07) is 2.54. The Bertz CT molecular complexity index is 352. The molecule has 0 amide bonds. The predicted octanol–water partition coefficient (Wildman–Crippen LogP) is 1.51. The van der Waals surface area contributed by atoms with Crippen molar-refractivity contribution in [3.8, 4) is 0 Å². The quantitative estimate of drug-likeness (QED) is 0.815. The monoisotopic (exact) mass is 237 g/mol. The van der Waals surface area contributed by atoms with Gasteiger partial charge in [-0.3, -0.25) is 4.68 Å². The lowest BCUT2D eigenvalue weighted by Crippen LogP contribution is -2.45. The highest BCUT2D eigenvalue weighted by Gasteiger charge is 2.38. The van der Waals surface area contributed by atoms with Crippen LogP contribution in [-0.2, 0) is 18.2 Å². The number of nitrogens with one attached hydrogen (secondary N) is 1. The van der Waals surface area contributed by atoms with Crippen molar-refractivity contribution < 1.29 is 4.74 Å². The summed E-state index contributed by atoms with van der Waals surface area (Å²) in [6.45, 7) is 0. The van der Waals surface area contributed by atoms with E-state index in [1.54, 1.807) is 0 Å². The minimum absolute atomic E-state index is 0.127. The van der Waals surface area contributed by atoms with Crippen LogP contribution < -0.4 is 5.32 Å². The summed E-state index contributed by atoms with van der Waals surface area (Å²) in [5, 5.41) is 7.82. The summed E-state index contributed by atoms with van der Waals surface area (Å²) in [7, 11) is 5.82. The fourth-order valence-electron chi connectivity index (χ4n) is 2.61. The Morgan fingerprint density at radius 1 is 1.59 bits per heavy atom. The first-order valence-corrected chi connectivity index (χ1v) is 6.38. The Hall–Kier alpha value is -0.870. The Morgan fingerprint density at radius 2 is 2.35 bits per heavy atom. The number of methoxy groups -OCH3 is 1. The van der Waals surface area contributed by atoms with Crippen LogP contribution in [0.15, 0.2) is 12.3 Å². The van der Waals surface area contributed by atoms with Crippen LogP contribution in [0.5, 0.6) is 0 Å². The van der Waals surface area contributed by atoms with Crippen LogP contribution in [0.3, 0.4) is 0 Å². The molecule has 4 heteroatoms. The van der Waals surface area contributed by atoms with Crippen molar-refractivity contribution in [1.29, 1.82) is 0 Å². The molecule has 0 aromatic carbocycles. The zero-order valence-corrected chi connectivity index (χ0v) is 11.1. The third-order valence-corrected chi connectivity index (χ3v) is 3.95. The molecule has 1 fully saturated rings. The van der Waals surface area contributed by atoms with Gasteiger partial charge in [0.2, 0.25) is 0 Å². The minimum Gasteiger partial charge on any atom is -0.378 e. The van der Waals surface area contributed by atoms with Crippen molar-refractivity contribution in [3.05, 3.63) is 18.0 Å². The molecule has 0 bridgehead atoms. The predicted molar refractivity (Wildman–Crippen MR) is 68.0 cm³/mol. The van der Waals surface area contributed by atoms with Gasteiger partial charge in [0, 0.05) is 32.8 Å². The minimum atomic E-state index is 0.127. The van der Waals surface area contributed by atoms with E-state index in [-0.39, 0.29) is 5.60 Å². The van der Waals surface area contributed by atoms with Crippen molar-refractivity contribution in [3.63, 3.8) is 0 Å². The molecule has 1 aliphatic carbocycles.